The molecule has 3 heteroatoms. The summed E-state index contributed by atoms with van der Waals surface area (Å²) >= 11 is 0. The topological polar surface area (TPSA) is 45.8 Å². The van der Waals surface area contributed by atoms with Gasteiger partial charge in [0.25, 0.3) is 0 Å². The maximum Gasteiger partial charge on any atom is 0.228 e. The highest BCUT2D eigenvalue weighted by Gasteiger charge is 2.13. The van der Waals surface area contributed by atoms with E-state index in [-0.39, 0.29) is 5.78 Å². The van der Waals surface area contributed by atoms with Gasteiger partial charge in [-0.2, -0.15) is 0 Å². The van der Waals surface area contributed by atoms with Crippen LogP contribution in [0.25, 0.3) is 11.0 Å². The van der Waals surface area contributed by atoms with Crippen LogP contribution in [-0.4, -0.2) is 15.8 Å². The number of carbonyl (C=O) groups excluding carboxylic acids is 1. The predicted octanol–water partition coefficient (Wildman–Crippen LogP) is 3.10. The molecule has 0 saturated heterocycles. The van der Waals surface area contributed by atoms with Gasteiger partial charge >= 0.3 is 0 Å². The Balaban J connectivity index is 2.07. The number of nitrogens with zero attached hydrogens (tertiary/aromatic N) is 1. The summed E-state index contributed by atoms with van der Waals surface area (Å²) in [4.78, 5) is 19.6. The Morgan fingerprint density at radius 3 is 2.67 bits per heavy atom. The summed E-state index contributed by atoms with van der Waals surface area (Å²) in [5.74, 6) is 0.311. The van der Waals surface area contributed by atoms with Gasteiger partial charge in [0.2, 0.25) is 5.78 Å². The largest absolute Gasteiger partial charge is 0.335 e. The molecule has 3 rings (SSSR count). The van der Waals surface area contributed by atoms with Gasteiger partial charge in [0.15, 0.2) is 5.82 Å². The Morgan fingerprint density at radius 2 is 1.89 bits per heavy atom. The van der Waals surface area contributed by atoms with Crippen molar-refractivity contribution in [2.45, 2.75) is 6.92 Å². The van der Waals surface area contributed by atoms with E-state index in [1.54, 1.807) is 12.1 Å². The van der Waals surface area contributed by atoms with E-state index in [0.29, 0.717) is 11.4 Å². The van der Waals surface area contributed by atoms with Crippen LogP contribution in [-0.2, 0) is 0 Å². The molecule has 1 aromatic heterocycles. The molecule has 0 aliphatic heterocycles. The smallest absolute Gasteiger partial charge is 0.228 e. The van der Waals surface area contributed by atoms with Gasteiger partial charge in [-0.1, -0.05) is 36.4 Å². The lowest BCUT2D eigenvalue weighted by Gasteiger charge is -1.95. The zero-order valence-corrected chi connectivity index (χ0v) is 9.97. The number of H-pyrrole nitrogens is 1. The molecule has 0 bridgehead atoms. The lowest BCUT2D eigenvalue weighted by molar-refractivity contribution is 0.103. The lowest BCUT2D eigenvalue weighted by Crippen LogP contribution is -2.02. The van der Waals surface area contributed by atoms with Gasteiger partial charge in [-0.3, -0.25) is 4.79 Å². The molecule has 88 valence electrons. The maximum absolute atomic E-state index is 12.2. The third-order valence-corrected chi connectivity index (χ3v) is 2.89. The molecule has 0 fully saturated rings. The number of aryl methyl sites for hydroxylation is 1. The van der Waals surface area contributed by atoms with E-state index in [9.17, 15) is 4.79 Å². The Morgan fingerprint density at radius 1 is 1.11 bits per heavy atom. The van der Waals surface area contributed by atoms with Gasteiger partial charge in [0, 0.05) is 5.56 Å². The summed E-state index contributed by atoms with van der Waals surface area (Å²) < 4.78 is 0. The van der Waals surface area contributed by atoms with Crippen molar-refractivity contribution in [1.82, 2.24) is 9.97 Å². The minimum absolute atomic E-state index is 0.0792. The number of imidazole rings is 1. The van der Waals surface area contributed by atoms with E-state index < -0.39 is 0 Å². The van der Waals surface area contributed by atoms with Crippen molar-refractivity contribution in [2.24, 2.45) is 0 Å². The molecule has 0 unspecified atom stereocenters. The number of aromatic amines is 1. The average molecular weight is 236 g/mol. The van der Waals surface area contributed by atoms with E-state index in [1.165, 1.54) is 0 Å². The number of fused-ring (bicyclic) bond motifs is 1. The number of rotatable bonds is 2. The first-order valence-electron chi connectivity index (χ1n) is 5.80. The Labute approximate surface area is 104 Å². The number of hydrogen-bond donors (Lipinski definition) is 1. The molecule has 3 aromatic rings. The fourth-order valence-electron chi connectivity index (χ4n) is 1.95. The second-order valence-electron chi connectivity index (χ2n) is 4.30. The predicted molar refractivity (Wildman–Crippen MR) is 70.7 cm³/mol. The van der Waals surface area contributed by atoms with Crippen molar-refractivity contribution in [3.63, 3.8) is 0 Å². The Bertz CT molecular complexity index is 714. The number of nitrogens with one attached hydrogen (secondary N) is 1. The fraction of sp³-hybridized carbons (Fsp3) is 0.0667. The minimum Gasteiger partial charge on any atom is -0.335 e. The summed E-state index contributed by atoms with van der Waals surface area (Å²) in [6, 6.07) is 15.1. The molecule has 0 aliphatic carbocycles. The molecule has 3 nitrogen and oxygen atoms in total. The fourth-order valence-corrected chi connectivity index (χ4v) is 1.95. The van der Waals surface area contributed by atoms with Crippen LogP contribution in [0.3, 0.4) is 0 Å². The van der Waals surface area contributed by atoms with Crippen molar-refractivity contribution in [2.75, 3.05) is 0 Å². The van der Waals surface area contributed by atoms with Crippen LogP contribution in [0.1, 0.15) is 21.7 Å². The van der Waals surface area contributed by atoms with Gasteiger partial charge in [-0.25, -0.2) is 4.98 Å². The molecular formula is C15H12N2O. The van der Waals surface area contributed by atoms with Gasteiger partial charge in [-0.05, 0) is 24.6 Å². The number of benzene rings is 2. The number of ketones is 1. The Kier molecular flexibility index (Phi) is 2.45. The van der Waals surface area contributed by atoms with Crippen LogP contribution in [0.5, 0.6) is 0 Å². The van der Waals surface area contributed by atoms with Crippen LogP contribution >= 0.6 is 0 Å². The van der Waals surface area contributed by atoms with Gasteiger partial charge in [0.05, 0.1) is 11.0 Å². The second kappa shape index (κ2) is 4.11. The zero-order valence-electron chi connectivity index (χ0n) is 9.97. The molecular weight excluding hydrogens is 224 g/mol. The summed E-state index contributed by atoms with van der Waals surface area (Å²) in [7, 11) is 0. The van der Waals surface area contributed by atoms with E-state index in [1.807, 2.05) is 43.3 Å². The monoisotopic (exact) mass is 236 g/mol. The molecule has 1 N–H and O–H groups in total. The highest BCUT2D eigenvalue weighted by Crippen LogP contribution is 2.15. The van der Waals surface area contributed by atoms with E-state index in [0.717, 1.165) is 16.6 Å². The van der Waals surface area contributed by atoms with Crippen molar-refractivity contribution < 1.29 is 4.79 Å². The minimum atomic E-state index is -0.0792. The summed E-state index contributed by atoms with van der Waals surface area (Å²) in [6.45, 7) is 2.01. The first-order valence-corrected chi connectivity index (χ1v) is 5.80. The third-order valence-electron chi connectivity index (χ3n) is 2.89. The number of hydrogen-bond acceptors (Lipinski definition) is 2. The van der Waals surface area contributed by atoms with Crippen molar-refractivity contribution in [3.8, 4) is 0 Å². The van der Waals surface area contributed by atoms with E-state index >= 15 is 0 Å². The second-order valence-corrected chi connectivity index (χ2v) is 4.30. The Hall–Kier alpha value is -2.42. The number of carbonyl (C=O) groups is 1. The van der Waals surface area contributed by atoms with Crippen LogP contribution in [0, 0.1) is 6.92 Å². The van der Waals surface area contributed by atoms with Crippen LogP contribution in [0.15, 0.2) is 48.5 Å². The standard InChI is InChI=1S/C15H12N2O/c1-10-7-8-12-13(9-10)17-15(16-12)14(18)11-5-3-2-4-6-11/h2-9H,1H3,(H,16,17). The molecule has 0 radical (unpaired) electrons. The summed E-state index contributed by atoms with van der Waals surface area (Å²) in [5, 5.41) is 0. The lowest BCUT2D eigenvalue weighted by atomic mass is 10.1. The molecule has 0 amide bonds. The quantitative estimate of drug-likeness (QED) is 0.695. The molecule has 1 heterocycles. The van der Waals surface area contributed by atoms with Crippen molar-refractivity contribution in [3.05, 3.63) is 65.5 Å². The average Bonchev–Trinajstić information content (AvgIpc) is 2.81. The van der Waals surface area contributed by atoms with E-state index in [4.69, 9.17) is 0 Å². The van der Waals surface area contributed by atoms with E-state index in [2.05, 4.69) is 9.97 Å². The molecule has 18 heavy (non-hydrogen) atoms. The first-order chi connectivity index (χ1) is 8.74. The van der Waals surface area contributed by atoms with Gasteiger partial charge in [0.1, 0.15) is 0 Å². The highest BCUT2D eigenvalue weighted by molar-refractivity contribution is 6.07. The number of aromatic nitrogens is 2. The normalized spacial score (nSPS) is 10.7. The third kappa shape index (κ3) is 1.80. The van der Waals surface area contributed by atoms with Crippen LogP contribution < -0.4 is 0 Å². The zero-order chi connectivity index (χ0) is 12.5. The molecule has 0 saturated carbocycles. The first kappa shape index (κ1) is 10.7. The molecule has 0 atom stereocenters. The van der Waals surface area contributed by atoms with Crippen molar-refractivity contribution >= 4 is 16.8 Å². The summed E-state index contributed by atoms with van der Waals surface area (Å²) in [5.41, 5.74) is 3.50. The summed E-state index contributed by atoms with van der Waals surface area (Å²) in [6.07, 6.45) is 0. The molecule has 2 aromatic carbocycles. The SMILES string of the molecule is Cc1ccc2[nH]c(C(=O)c3ccccc3)nc2c1. The molecule has 0 spiro atoms. The maximum atomic E-state index is 12.2. The molecule has 0 aliphatic rings. The van der Waals surface area contributed by atoms with Crippen LogP contribution in [0.4, 0.5) is 0 Å². The van der Waals surface area contributed by atoms with Gasteiger partial charge in [-0.15, -0.1) is 0 Å². The highest BCUT2D eigenvalue weighted by atomic mass is 16.1. The van der Waals surface area contributed by atoms with Crippen LogP contribution in [0.2, 0.25) is 0 Å². The van der Waals surface area contributed by atoms with Crippen molar-refractivity contribution in [1.29, 1.82) is 0 Å². The van der Waals surface area contributed by atoms with Gasteiger partial charge < -0.3 is 4.98 Å².